The second-order valence-electron chi connectivity index (χ2n) is 11.5. The molecule has 8 heteroatoms. The van der Waals surface area contributed by atoms with Gasteiger partial charge < -0.3 is 19.4 Å². The second kappa shape index (κ2) is 12.1. The van der Waals surface area contributed by atoms with Crippen molar-refractivity contribution in [2.75, 3.05) is 13.2 Å². The quantitative estimate of drug-likeness (QED) is 0.126. The van der Waals surface area contributed by atoms with Gasteiger partial charge in [-0.3, -0.25) is 4.68 Å². The molecule has 0 bridgehead atoms. The summed E-state index contributed by atoms with van der Waals surface area (Å²) >= 11 is 6.99. The summed E-state index contributed by atoms with van der Waals surface area (Å²) in [5, 5.41) is 12.4. The molecule has 1 saturated carbocycles. The normalized spacial score (nSPS) is 13.3. The third kappa shape index (κ3) is 5.64. The van der Waals surface area contributed by atoms with Crippen molar-refractivity contribution < 1.29 is 14.3 Å². The fraction of sp³-hybridized carbons (Fsp3) is 0.371. The van der Waals surface area contributed by atoms with E-state index in [1.807, 2.05) is 54.5 Å². The first-order valence-corrected chi connectivity index (χ1v) is 15.5. The van der Waals surface area contributed by atoms with Crippen LogP contribution in [0.25, 0.3) is 32.8 Å². The van der Waals surface area contributed by atoms with E-state index >= 15 is 0 Å². The molecule has 1 aliphatic carbocycles. The predicted octanol–water partition coefficient (Wildman–Crippen LogP) is 7.44. The lowest BCUT2D eigenvalue weighted by molar-refractivity contribution is 0.0514. The van der Waals surface area contributed by atoms with E-state index in [4.69, 9.17) is 26.2 Å². The van der Waals surface area contributed by atoms with Crippen molar-refractivity contribution >= 4 is 39.2 Å². The number of aromatic nitrogens is 3. The van der Waals surface area contributed by atoms with Gasteiger partial charge in [0, 0.05) is 54.3 Å². The van der Waals surface area contributed by atoms with Crippen LogP contribution in [0.4, 0.5) is 0 Å². The van der Waals surface area contributed by atoms with Gasteiger partial charge in [-0.15, -0.1) is 0 Å². The van der Waals surface area contributed by atoms with Crippen LogP contribution in [0.15, 0.2) is 48.5 Å². The van der Waals surface area contributed by atoms with Crippen LogP contribution in [-0.4, -0.2) is 39.6 Å². The van der Waals surface area contributed by atoms with Crippen molar-refractivity contribution in [1.29, 1.82) is 0 Å². The van der Waals surface area contributed by atoms with Gasteiger partial charge in [0.2, 0.25) is 0 Å². The highest BCUT2D eigenvalue weighted by atomic mass is 35.5. The minimum Gasteiger partial charge on any atom is -0.493 e. The van der Waals surface area contributed by atoms with Crippen LogP contribution in [0.1, 0.15) is 59.2 Å². The Morgan fingerprint density at radius 3 is 2.63 bits per heavy atom. The number of halogens is 1. The van der Waals surface area contributed by atoms with Gasteiger partial charge in [0.05, 0.1) is 29.4 Å². The highest BCUT2D eigenvalue weighted by Gasteiger charge is 2.28. The molecule has 3 aromatic carbocycles. The number of carbonyl (C=O) groups is 1. The second-order valence-corrected chi connectivity index (χ2v) is 12.0. The molecule has 0 spiro atoms. The van der Waals surface area contributed by atoms with Gasteiger partial charge in [0.25, 0.3) is 0 Å². The number of nitrogens with one attached hydrogen (secondary N) is 1. The molecule has 2 aromatic heterocycles. The van der Waals surface area contributed by atoms with Crippen LogP contribution in [0, 0.1) is 13.8 Å². The Morgan fingerprint density at radius 1 is 1.07 bits per heavy atom. The molecular formula is C35H39ClN4O3. The summed E-state index contributed by atoms with van der Waals surface area (Å²) in [5.74, 6) is 0.551. The topological polar surface area (TPSA) is 70.3 Å². The number of carbonyl (C=O) groups excluding carboxylic acids is 1. The molecule has 1 fully saturated rings. The van der Waals surface area contributed by atoms with Gasteiger partial charge in [-0.25, -0.2) is 4.79 Å². The number of aryl methyl sites for hydroxylation is 4. The molecule has 7 nitrogen and oxygen atoms in total. The van der Waals surface area contributed by atoms with E-state index in [-0.39, 0.29) is 5.97 Å². The zero-order valence-electron chi connectivity index (χ0n) is 25.6. The number of hydrogen-bond acceptors (Lipinski definition) is 5. The number of benzene rings is 3. The average Bonchev–Trinajstić information content (AvgIpc) is 3.72. The van der Waals surface area contributed by atoms with Gasteiger partial charge in [0.1, 0.15) is 11.4 Å². The maximum atomic E-state index is 13.4. The minimum absolute atomic E-state index is 0.301. The molecule has 1 N–H and O–H groups in total. The Bertz CT molecular complexity index is 1830. The Labute approximate surface area is 257 Å². The van der Waals surface area contributed by atoms with Gasteiger partial charge in [-0.2, -0.15) is 5.10 Å². The summed E-state index contributed by atoms with van der Waals surface area (Å²) in [7, 11) is 3.90. The summed E-state index contributed by atoms with van der Waals surface area (Å²) in [6.45, 7) is 7.48. The van der Waals surface area contributed by atoms with E-state index in [1.54, 1.807) is 0 Å². The highest BCUT2D eigenvalue weighted by Crippen LogP contribution is 2.42. The van der Waals surface area contributed by atoms with Gasteiger partial charge >= 0.3 is 5.97 Å². The van der Waals surface area contributed by atoms with Crippen molar-refractivity contribution in [3.05, 3.63) is 81.8 Å². The van der Waals surface area contributed by atoms with Gasteiger partial charge in [-0.1, -0.05) is 48.0 Å². The molecule has 0 saturated heterocycles. The SMILES string of the molecule is CCOC(=O)c1c(CCCOc2cc(C)cc3ccccc23)c2ccc(Cl)c(-c3c(CNC4CC4)nn(C)c3C)c2n1C. The summed E-state index contributed by atoms with van der Waals surface area (Å²) < 4.78 is 15.8. The number of esters is 1. The summed E-state index contributed by atoms with van der Waals surface area (Å²) in [6.07, 6.45) is 3.78. The molecule has 6 rings (SSSR count). The number of ether oxygens (including phenoxy) is 2. The van der Waals surface area contributed by atoms with E-state index in [9.17, 15) is 4.79 Å². The van der Waals surface area contributed by atoms with Crippen molar-refractivity contribution in [2.45, 2.75) is 59.0 Å². The van der Waals surface area contributed by atoms with E-state index in [2.05, 4.69) is 43.4 Å². The summed E-state index contributed by atoms with van der Waals surface area (Å²) in [4.78, 5) is 13.4. The minimum atomic E-state index is -0.331. The molecule has 0 unspecified atom stereocenters. The number of nitrogens with zero attached hydrogens (tertiary/aromatic N) is 3. The largest absolute Gasteiger partial charge is 0.493 e. The molecule has 0 atom stereocenters. The Balaban J connectivity index is 1.38. The molecule has 0 radical (unpaired) electrons. The highest BCUT2D eigenvalue weighted by molar-refractivity contribution is 6.35. The Morgan fingerprint density at radius 2 is 1.86 bits per heavy atom. The smallest absolute Gasteiger partial charge is 0.355 e. The first-order chi connectivity index (χ1) is 20.8. The first kappa shape index (κ1) is 29.3. The summed E-state index contributed by atoms with van der Waals surface area (Å²) in [6, 6.07) is 17.1. The molecule has 43 heavy (non-hydrogen) atoms. The first-order valence-electron chi connectivity index (χ1n) is 15.1. The zero-order chi connectivity index (χ0) is 30.2. The van der Waals surface area contributed by atoms with E-state index in [1.165, 1.54) is 12.8 Å². The summed E-state index contributed by atoms with van der Waals surface area (Å²) in [5.41, 5.74) is 7.49. The third-order valence-corrected chi connectivity index (χ3v) is 8.78. The molecular weight excluding hydrogens is 560 g/mol. The maximum absolute atomic E-state index is 13.4. The van der Waals surface area contributed by atoms with Crippen LogP contribution >= 0.6 is 11.6 Å². The van der Waals surface area contributed by atoms with Crippen molar-refractivity contribution in [3.63, 3.8) is 0 Å². The van der Waals surface area contributed by atoms with Crippen LogP contribution in [-0.2, 0) is 31.8 Å². The van der Waals surface area contributed by atoms with Crippen molar-refractivity contribution in [1.82, 2.24) is 19.7 Å². The number of fused-ring (bicyclic) bond motifs is 2. The lowest BCUT2D eigenvalue weighted by Crippen LogP contribution is -2.16. The fourth-order valence-electron chi connectivity index (χ4n) is 6.17. The molecule has 2 heterocycles. The third-order valence-electron chi connectivity index (χ3n) is 8.47. The van der Waals surface area contributed by atoms with E-state index < -0.39 is 0 Å². The number of rotatable bonds is 11. The predicted molar refractivity (Wildman–Crippen MR) is 173 cm³/mol. The molecule has 1 aliphatic rings. The molecule has 0 amide bonds. The van der Waals surface area contributed by atoms with E-state index in [0.717, 1.165) is 67.5 Å². The standard InChI is InChI=1S/C35H39ClN4O3/c1-6-42-35(41)34-26(12-9-17-43-30-19-21(2)18-23-10-7-8-11-25(23)30)27-15-16-28(36)32(33(27)39(34)4)31-22(3)40(5)38-29(31)20-37-24-13-14-24/h7-8,10-11,15-16,18-19,24,37H,6,9,12-14,17,20H2,1-5H3. The van der Waals surface area contributed by atoms with Crippen LogP contribution in [0.3, 0.4) is 0 Å². The maximum Gasteiger partial charge on any atom is 0.355 e. The number of hydrogen-bond donors (Lipinski definition) is 1. The average molecular weight is 599 g/mol. The van der Waals surface area contributed by atoms with Gasteiger partial charge in [-0.05, 0) is 75.1 Å². The van der Waals surface area contributed by atoms with E-state index in [0.29, 0.717) is 42.9 Å². The lowest BCUT2D eigenvalue weighted by atomic mass is 9.98. The van der Waals surface area contributed by atoms with Crippen LogP contribution < -0.4 is 10.1 Å². The lowest BCUT2D eigenvalue weighted by Gasteiger charge is -2.12. The van der Waals surface area contributed by atoms with Gasteiger partial charge in [0.15, 0.2) is 0 Å². The van der Waals surface area contributed by atoms with Crippen molar-refractivity contribution in [3.8, 4) is 16.9 Å². The fourth-order valence-corrected chi connectivity index (χ4v) is 6.42. The Hall–Kier alpha value is -3.81. The molecule has 5 aromatic rings. The monoisotopic (exact) mass is 598 g/mol. The van der Waals surface area contributed by atoms with Crippen LogP contribution in [0.2, 0.25) is 5.02 Å². The van der Waals surface area contributed by atoms with Crippen molar-refractivity contribution in [2.24, 2.45) is 14.1 Å². The van der Waals surface area contributed by atoms with Crippen LogP contribution in [0.5, 0.6) is 5.75 Å². The Kier molecular flexibility index (Phi) is 8.21. The zero-order valence-corrected chi connectivity index (χ0v) is 26.3. The molecule has 0 aliphatic heterocycles. The molecule has 224 valence electrons.